The number of aromatic nitrogens is 5. The van der Waals surface area contributed by atoms with Crippen molar-refractivity contribution in [1.82, 2.24) is 29.2 Å². The first-order chi connectivity index (χ1) is 31.0. The average molecular weight is 924 g/mol. The maximum Gasteiger partial charge on any atom is 0.405 e. The van der Waals surface area contributed by atoms with Gasteiger partial charge in [0.05, 0.1) is 29.0 Å². The van der Waals surface area contributed by atoms with Crippen LogP contribution < -0.4 is 35.6 Å². The summed E-state index contributed by atoms with van der Waals surface area (Å²) in [6.45, 7) is 0.719. The molecule has 0 bridgehead atoms. The van der Waals surface area contributed by atoms with Crippen LogP contribution in [0.15, 0.2) is 47.4 Å². The van der Waals surface area contributed by atoms with Gasteiger partial charge in [0, 0.05) is 88.4 Å². The number of piperidine rings is 2. The van der Waals surface area contributed by atoms with Crippen molar-refractivity contribution in [2.75, 3.05) is 71.2 Å². The number of nitrogens with zero attached hydrogens (tertiary/aromatic N) is 9. The van der Waals surface area contributed by atoms with Gasteiger partial charge in [-0.05, 0) is 80.3 Å². The molecule has 10 rings (SSSR count). The molecule has 3 aromatic heterocycles. The number of rotatable bonds is 8. The van der Waals surface area contributed by atoms with E-state index < -0.39 is 36.3 Å². The molecule has 4 fully saturated rings. The largest absolute Gasteiger partial charge is 0.480 e. The van der Waals surface area contributed by atoms with Gasteiger partial charge >= 0.3 is 12.1 Å². The summed E-state index contributed by atoms with van der Waals surface area (Å²) >= 11 is 6.59. The summed E-state index contributed by atoms with van der Waals surface area (Å²) in [5, 5.41) is 12.0. The summed E-state index contributed by atoms with van der Waals surface area (Å²) in [4.78, 5) is 54.1. The van der Waals surface area contributed by atoms with Gasteiger partial charge in [-0.3, -0.25) is 24.0 Å². The van der Waals surface area contributed by atoms with Crippen molar-refractivity contribution in [2.24, 2.45) is 25.9 Å². The minimum absolute atomic E-state index is 0.00212. The lowest BCUT2D eigenvalue weighted by Crippen LogP contribution is -2.60. The predicted octanol–water partition coefficient (Wildman–Crippen LogP) is 6.84. The van der Waals surface area contributed by atoms with Gasteiger partial charge in [-0.2, -0.15) is 23.3 Å². The van der Waals surface area contributed by atoms with E-state index in [2.05, 4.69) is 20.7 Å². The maximum absolute atomic E-state index is 15.2. The van der Waals surface area contributed by atoms with E-state index >= 15 is 8.78 Å². The van der Waals surface area contributed by atoms with Crippen molar-refractivity contribution in [2.45, 2.75) is 69.1 Å². The Hall–Kier alpha value is -5.76. The molecule has 1 saturated carbocycles. The van der Waals surface area contributed by atoms with Gasteiger partial charge in [0.2, 0.25) is 23.5 Å². The Bertz CT molecular complexity index is 2760. The molecule has 0 spiro atoms. The quantitative estimate of drug-likeness (QED) is 0.124. The molecule has 0 unspecified atom stereocenters. The number of aryl methyl sites for hydroxylation is 2. The summed E-state index contributed by atoms with van der Waals surface area (Å²) in [7, 11) is 3.24. The number of halogens is 6. The Morgan fingerprint density at radius 1 is 0.923 bits per heavy atom. The van der Waals surface area contributed by atoms with Crippen LogP contribution in [0.1, 0.15) is 44.9 Å². The standard InChI is InChI=1S/C44H47ClF5N11O4/c1-56-31-11-8-26(18-29(31)36-37(41(56)64)65-23-43(46,47)38(53-36)25-6-7-25)52-39-30(45)20-51-42(54-39)58-14-12-24(13-15-58)21-60-17-16-59(22-33(60)44(48,49)50)27-9-10-28-32(19-27)57(2)55-40(28)61-34(62)4-3-5-35(61)63/h8-11,18-20,24-25,33,38,53H,3-7,12-17,21-23H2,1-2H3,(H,51,52,54)/t33-,38-/m0/s1. The summed E-state index contributed by atoms with van der Waals surface area (Å²) in [5.74, 6) is -3.28. The number of hydrogen-bond acceptors (Lipinski definition) is 12. The highest BCUT2D eigenvalue weighted by molar-refractivity contribution is 6.33. The fraction of sp³-hybridized carbons (Fsp3) is 0.500. The average Bonchev–Trinajstić information content (AvgIpc) is 4.08. The molecule has 344 valence electrons. The van der Waals surface area contributed by atoms with E-state index in [9.17, 15) is 27.6 Å². The van der Waals surface area contributed by atoms with Crippen molar-refractivity contribution in [1.29, 1.82) is 0 Å². The van der Waals surface area contributed by atoms with Crippen LogP contribution in [0.2, 0.25) is 5.02 Å². The molecule has 2 amide bonds. The molecule has 1 aliphatic carbocycles. The molecular weight excluding hydrogens is 877 g/mol. The van der Waals surface area contributed by atoms with E-state index in [1.54, 1.807) is 65.0 Å². The number of imide groups is 1. The molecule has 15 nitrogen and oxygen atoms in total. The van der Waals surface area contributed by atoms with Crippen molar-refractivity contribution < 1.29 is 36.3 Å². The number of alkyl halides is 5. The molecule has 3 saturated heterocycles. The first-order valence-corrected chi connectivity index (χ1v) is 22.3. The number of piperazine rings is 1. The maximum atomic E-state index is 15.2. The Morgan fingerprint density at radius 2 is 1.68 bits per heavy atom. The minimum Gasteiger partial charge on any atom is -0.480 e. The van der Waals surface area contributed by atoms with Crippen LogP contribution in [0, 0.1) is 11.8 Å². The Balaban J connectivity index is 0.805. The summed E-state index contributed by atoms with van der Waals surface area (Å²) in [6.07, 6.45) is 0.531. The SMILES string of the molecule is Cn1nc(N2C(=O)CCCC2=O)c2ccc(N3CCN(CC4CCN(c5ncc(Cl)c(Nc6ccc7c(c6)c6c(c(=O)n7C)OCC(F)(F)[C@H](C7CC7)N6)n5)CC4)[C@H](C(F)(F)F)C3)cc21. The highest BCUT2D eigenvalue weighted by Gasteiger charge is 2.51. The second kappa shape index (κ2) is 16.3. The van der Waals surface area contributed by atoms with Crippen LogP contribution in [0.4, 0.5) is 56.6 Å². The summed E-state index contributed by atoms with van der Waals surface area (Å²) < 4.78 is 83.1. The summed E-state index contributed by atoms with van der Waals surface area (Å²) in [6, 6.07) is 7.52. The Labute approximate surface area is 374 Å². The second-order valence-corrected chi connectivity index (χ2v) is 18.3. The molecule has 2 N–H and O–H groups in total. The monoisotopic (exact) mass is 923 g/mol. The van der Waals surface area contributed by atoms with E-state index in [-0.39, 0.29) is 78.4 Å². The molecule has 65 heavy (non-hydrogen) atoms. The van der Waals surface area contributed by atoms with E-state index in [0.29, 0.717) is 96.7 Å². The van der Waals surface area contributed by atoms with Crippen LogP contribution in [-0.4, -0.2) is 111 Å². The van der Waals surface area contributed by atoms with Crippen molar-refractivity contribution >= 4 is 79.9 Å². The lowest BCUT2D eigenvalue weighted by molar-refractivity contribution is -0.186. The minimum atomic E-state index is -4.48. The number of benzene rings is 2. The number of ether oxygens (including phenoxy) is 1. The third kappa shape index (κ3) is 8.05. The van der Waals surface area contributed by atoms with Gasteiger partial charge in [0.15, 0.2) is 18.2 Å². The molecule has 21 heteroatoms. The number of nitrogens with one attached hydrogen (secondary N) is 2. The molecule has 2 aromatic carbocycles. The van der Waals surface area contributed by atoms with Crippen molar-refractivity contribution in [3.63, 3.8) is 0 Å². The van der Waals surface area contributed by atoms with Crippen LogP contribution >= 0.6 is 11.6 Å². The van der Waals surface area contributed by atoms with E-state index in [0.717, 1.165) is 4.90 Å². The number of carbonyl (C=O) groups excluding carboxylic acids is 2. The zero-order valence-corrected chi connectivity index (χ0v) is 36.4. The number of hydrogen-bond donors (Lipinski definition) is 2. The lowest BCUT2D eigenvalue weighted by Gasteiger charge is -2.45. The number of carbonyl (C=O) groups is 2. The van der Waals surface area contributed by atoms with E-state index in [4.69, 9.17) is 21.3 Å². The van der Waals surface area contributed by atoms with Gasteiger partial charge in [0.1, 0.15) is 11.1 Å². The highest BCUT2D eigenvalue weighted by Crippen LogP contribution is 2.46. The third-order valence-electron chi connectivity index (χ3n) is 13.5. The fourth-order valence-electron chi connectivity index (χ4n) is 9.83. The highest BCUT2D eigenvalue weighted by atomic mass is 35.5. The summed E-state index contributed by atoms with van der Waals surface area (Å²) in [5.41, 5.74) is 1.94. The van der Waals surface area contributed by atoms with Crippen molar-refractivity contribution in [3.05, 3.63) is 58.0 Å². The van der Waals surface area contributed by atoms with Crippen LogP contribution in [-0.2, 0) is 23.7 Å². The lowest BCUT2D eigenvalue weighted by atomic mass is 9.95. The molecule has 5 aliphatic rings. The molecule has 5 aromatic rings. The van der Waals surface area contributed by atoms with Crippen LogP contribution in [0.25, 0.3) is 21.8 Å². The molecule has 7 heterocycles. The first-order valence-electron chi connectivity index (χ1n) is 21.9. The third-order valence-corrected chi connectivity index (χ3v) is 13.8. The number of fused-ring (bicyclic) bond motifs is 4. The molecule has 0 radical (unpaired) electrons. The number of pyridine rings is 1. The first kappa shape index (κ1) is 43.1. The van der Waals surface area contributed by atoms with Gasteiger partial charge in [-0.1, -0.05) is 11.6 Å². The molecule has 4 aliphatic heterocycles. The van der Waals surface area contributed by atoms with Crippen LogP contribution in [0.3, 0.4) is 0 Å². The topological polar surface area (TPSA) is 146 Å². The predicted molar refractivity (Wildman–Crippen MR) is 236 cm³/mol. The molecular formula is C44H47ClF5N11O4. The zero-order chi connectivity index (χ0) is 45.5. The van der Waals surface area contributed by atoms with E-state index in [1.807, 2.05) is 4.90 Å². The number of anilines is 6. The van der Waals surface area contributed by atoms with Crippen LogP contribution in [0.5, 0.6) is 5.75 Å². The van der Waals surface area contributed by atoms with Gasteiger partial charge in [-0.15, -0.1) is 0 Å². The van der Waals surface area contributed by atoms with Gasteiger partial charge in [0.25, 0.3) is 5.56 Å². The Kier molecular flexibility index (Phi) is 10.8. The van der Waals surface area contributed by atoms with Gasteiger partial charge in [-0.25, -0.2) is 18.7 Å². The normalized spacial score (nSPS) is 22.2. The van der Waals surface area contributed by atoms with Gasteiger partial charge < -0.3 is 29.7 Å². The molecule has 2 atom stereocenters. The Morgan fingerprint density at radius 3 is 2.40 bits per heavy atom. The number of amides is 2. The van der Waals surface area contributed by atoms with E-state index in [1.165, 1.54) is 10.8 Å². The second-order valence-electron chi connectivity index (χ2n) is 17.9. The van der Waals surface area contributed by atoms with Crippen molar-refractivity contribution in [3.8, 4) is 5.75 Å². The zero-order valence-electron chi connectivity index (χ0n) is 35.7. The fourth-order valence-corrected chi connectivity index (χ4v) is 9.97. The smallest absolute Gasteiger partial charge is 0.405 e.